The zero-order chi connectivity index (χ0) is 14.7. The fourth-order valence-corrected chi connectivity index (χ4v) is 2.65. The lowest BCUT2D eigenvalue weighted by Crippen LogP contribution is -2.41. The highest BCUT2D eigenvalue weighted by molar-refractivity contribution is 7.99. The number of carboxylic acid groups (broad SMARTS) is 1. The summed E-state index contributed by atoms with van der Waals surface area (Å²) in [4.78, 5) is 23.1. The molecule has 2 atom stereocenters. The number of carbonyl (C=O) groups is 2. The molecule has 1 fully saturated rings. The Bertz CT molecular complexity index is 524. The normalized spacial score (nSPS) is 21.4. The van der Waals surface area contributed by atoms with Gasteiger partial charge in [0.1, 0.15) is 0 Å². The Morgan fingerprint density at radius 3 is 2.55 bits per heavy atom. The van der Waals surface area contributed by atoms with E-state index >= 15 is 0 Å². The van der Waals surface area contributed by atoms with Crippen LogP contribution in [0.3, 0.4) is 0 Å². The molecular weight excluding hydrogens is 288 g/mol. The number of thioether (sulfide) groups is 1. The predicted octanol–water partition coefficient (Wildman–Crippen LogP) is 3.05. The fraction of sp³-hybridized carbons (Fsp3) is 0.385. The predicted molar refractivity (Wildman–Crippen MR) is 70.8 cm³/mol. The molecule has 0 bridgehead atoms. The third-order valence-electron chi connectivity index (χ3n) is 3.26. The first kappa shape index (κ1) is 14.8. The quantitative estimate of drug-likeness (QED) is 0.820. The van der Waals surface area contributed by atoms with E-state index < -0.39 is 23.6 Å². The average Bonchev–Trinajstić information content (AvgIpc) is 2.25. The highest BCUT2D eigenvalue weighted by Gasteiger charge is 2.41. The molecule has 108 valence electrons. The van der Waals surface area contributed by atoms with E-state index in [0.29, 0.717) is 35.2 Å². The summed E-state index contributed by atoms with van der Waals surface area (Å²) in [6, 6.07) is 6.12. The zero-order valence-electron chi connectivity index (χ0n) is 10.4. The molecule has 20 heavy (non-hydrogen) atoms. The molecule has 2 unspecified atom stereocenters. The van der Waals surface area contributed by atoms with Crippen molar-refractivity contribution in [2.24, 2.45) is 11.8 Å². The Morgan fingerprint density at radius 1 is 1.30 bits per heavy atom. The van der Waals surface area contributed by atoms with Crippen LogP contribution in [0.15, 0.2) is 29.2 Å². The maximum Gasteiger partial charge on any atom is 0.307 e. The van der Waals surface area contributed by atoms with Crippen molar-refractivity contribution in [3.05, 3.63) is 24.3 Å². The van der Waals surface area contributed by atoms with E-state index in [1.165, 1.54) is 12.1 Å². The van der Waals surface area contributed by atoms with Crippen LogP contribution in [0.25, 0.3) is 0 Å². The van der Waals surface area contributed by atoms with E-state index in [9.17, 15) is 18.4 Å². The molecule has 1 aromatic rings. The Kier molecular flexibility index (Phi) is 4.59. The minimum absolute atomic E-state index is 0.348. The van der Waals surface area contributed by atoms with Gasteiger partial charge in [-0.25, -0.2) is 0 Å². The van der Waals surface area contributed by atoms with E-state index in [1.54, 1.807) is 12.1 Å². The SMILES string of the molecule is O=C(O)C1CCC1C(=O)Nc1cccc(SC(F)F)c1. The summed E-state index contributed by atoms with van der Waals surface area (Å²) in [6.45, 7) is 0. The number of aliphatic carboxylic acids is 1. The molecule has 0 aromatic heterocycles. The van der Waals surface area contributed by atoms with Gasteiger partial charge in [0.05, 0.1) is 11.8 Å². The van der Waals surface area contributed by atoms with Gasteiger partial charge in [-0.05, 0) is 31.0 Å². The number of benzene rings is 1. The number of hydrogen-bond donors (Lipinski definition) is 2. The topological polar surface area (TPSA) is 66.4 Å². The molecular formula is C13H13F2NO3S. The van der Waals surface area contributed by atoms with Crippen molar-refractivity contribution in [1.29, 1.82) is 0 Å². The number of anilines is 1. The number of halogens is 2. The van der Waals surface area contributed by atoms with Crippen LogP contribution in [0.4, 0.5) is 14.5 Å². The van der Waals surface area contributed by atoms with Gasteiger partial charge in [0.15, 0.2) is 0 Å². The Morgan fingerprint density at radius 2 is 2.00 bits per heavy atom. The lowest BCUT2D eigenvalue weighted by molar-refractivity contribution is -0.151. The van der Waals surface area contributed by atoms with Crippen LogP contribution in [0, 0.1) is 11.8 Å². The number of nitrogens with one attached hydrogen (secondary N) is 1. The van der Waals surface area contributed by atoms with Crippen LogP contribution in [0.5, 0.6) is 0 Å². The smallest absolute Gasteiger partial charge is 0.307 e. The molecule has 1 saturated carbocycles. The van der Waals surface area contributed by atoms with Gasteiger partial charge < -0.3 is 10.4 Å². The van der Waals surface area contributed by atoms with Crippen LogP contribution in [-0.2, 0) is 9.59 Å². The van der Waals surface area contributed by atoms with Crippen LogP contribution < -0.4 is 5.32 Å². The molecule has 1 aromatic carbocycles. The van der Waals surface area contributed by atoms with Crippen molar-refractivity contribution in [2.75, 3.05) is 5.32 Å². The number of rotatable bonds is 5. The number of hydrogen-bond acceptors (Lipinski definition) is 3. The summed E-state index contributed by atoms with van der Waals surface area (Å²) < 4.78 is 24.5. The molecule has 2 N–H and O–H groups in total. The standard InChI is InChI=1S/C13H13F2NO3S/c14-13(15)20-8-3-1-2-7(6-8)16-11(17)9-4-5-10(9)12(18)19/h1-3,6,9-10,13H,4-5H2,(H,16,17)(H,18,19). The van der Waals surface area contributed by atoms with Crippen molar-refractivity contribution in [3.8, 4) is 0 Å². The van der Waals surface area contributed by atoms with Crippen molar-refractivity contribution >= 4 is 29.3 Å². The monoisotopic (exact) mass is 301 g/mol. The van der Waals surface area contributed by atoms with Gasteiger partial charge in [0.2, 0.25) is 5.91 Å². The van der Waals surface area contributed by atoms with Crippen molar-refractivity contribution in [3.63, 3.8) is 0 Å². The summed E-state index contributed by atoms with van der Waals surface area (Å²) in [6.07, 6.45) is 1.03. The number of carbonyl (C=O) groups excluding carboxylic acids is 1. The fourth-order valence-electron chi connectivity index (χ4n) is 2.09. The summed E-state index contributed by atoms with van der Waals surface area (Å²) in [5.41, 5.74) is 0.400. The number of alkyl halides is 2. The van der Waals surface area contributed by atoms with Crippen molar-refractivity contribution in [2.45, 2.75) is 23.5 Å². The lowest BCUT2D eigenvalue weighted by Gasteiger charge is -2.31. The highest BCUT2D eigenvalue weighted by Crippen LogP contribution is 2.35. The van der Waals surface area contributed by atoms with E-state index in [4.69, 9.17) is 5.11 Å². The molecule has 0 heterocycles. The van der Waals surface area contributed by atoms with Crippen LogP contribution in [0.2, 0.25) is 0 Å². The molecule has 1 amide bonds. The second-order valence-corrected chi connectivity index (χ2v) is 5.59. The zero-order valence-corrected chi connectivity index (χ0v) is 11.2. The average molecular weight is 301 g/mol. The lowest BCUT2D eigenvalue weighted by atomic mass is 9.73. The Balaban J connectivity index is 1.99. The first-order chi connectivity index (χ1) is 9.47. The van der Waals surface area contributed by atoms with Gasteiger partial charge in [-0.2, -0.15) is 8.78 Å². The molecule has 4 nitrogen and oxygen atoms in total. The van der Waals surface area contributed by atoms with Crippen LogP contribution in [-0.4, -0.2) is 22.7 Å². The third-order valence-corrected chi connectivity index (χ3v) is 3.96. The number of carboxylic acids is 1. The molecule has 7 heteroatoms. The van der Waals surface area contributed by atoms with Gasteiger partial charge in [-0.3, -0.25) is 9.59 Å². The molecule has 0 spiro atoms. The molecule has 1 aliphatic rings. The van der Waals surface area contributed by atoms with Gasteiger partial charge in [-0.15, -0.1) is 0 Å². The minimum atomic E-state index is -2.52. The molecule has 1 aliphatic carbocycles. The summed E-state index contributed by atoms with van der Waals surface area (Å²) >= 11 is 0.395. The van der Waals surface area contributed by atoms with E-state index in [2.05, 4.69) is 5.32 Å². The van der Waals surface area contributed by atoms with Crippen molar-refractivity contribution in [1.82, 2.24) is 0 Å². The van der Waals surface area contributed by atoms with Gasteiger partial charge >= 0.3 is 5.97 Å². The van der Waals surface area contributed by atoms with Crippen molar-refractivity contribution < 1.29 is 23.5 Å². The highest BCUT2D eigenvalue weighted by atomic mass is 32.2. The maximum absolute atomic E-state index is 12.3. The van der Waals surface area contributed by atoms with E-state index in [-0.39, 0.29) is 5.91 Å². The summed E-state index contributed by atoms with van der Waals surface area (Å²) in [7, 11) is 0. The summed E-state index contributed by atoms with van der Waals surface area (Å²) in [5.74, 6) is -5.06. The second-order valence-electron chi connectivity index (χ2n) is 4.52. The molecule has 0 aliphatic heterocycles. The van der Waals surface area contributed by atoms with Crippen LogP contribution >= 0.6 is 11.8 Å². The number of amides is 1. The van der Waals surface area contributed by atoms with E-state index in [1.807, 2.05) is 0 Å². The van der Waals surface area contributed by atoms with Gasteiger partial charge in [-0.1, -0.05) is 17.8 Å². The van der Waals surface area contributed by atoms with E-state index in [0.717, 1.165) is 0 Å². The third kappa shape index (κ3) is 3.47. The second kappa shape index (κ2) is 6.21. The Hall–Kier alpha value is -1.63. The first-order valence-corrected chi connectivity index (χ1v) is 6.94. The molecule has 2 rings (SSSR count). The van der Waals surface area contributed by atoms with Crippen LogP contribution in [0.1, 0.15) is 12.8 Å². The Labute approximate surface area is 118 Å². The first-order valence-electron chi connectivity index (χ1n) is 6.06. The maximum atomic E-state index is 12.3. The summed E-state index contributed by atoms with van der Waals surface area (Å²) in [5, 5.41) is 11.5. The minimum Gasteiger partial charge on any atom is -0.481 e. The van der Waals surface area contributed by atoms with Gasteiger partial charge in [0, 0.05) is 10.6 Å². The molecule has 0 saturated heterocycles. The molecule has 0 radical (unpaired) electrons. The largest absolute Gasteiger partial charge is 0.481 e. The van der Waals surface area contributed by atoms with Gasteiger partial charge in [0.25, 0.3) is 5.76 Å².